The molecular formula is C10H20N2O. The van der Waals surface area contributed by atoms with Gasteiger partial charge >= 0.3 is 0 Å². The second kappa shape index (κ2) is 3.66. The molecule has 1 rings (SSSR count). The molecule has 1 saturated heterocycles. The van der Waals surface area contributed by atoms with Crippen LogP contribution in [0.3, 0.4) is 0 Å². The smallest absolute Gasteiger partial charge is 0.239 e. The summed E-state index contributed by atoms with van der Waals surface area (Å²) in [6, 6.07) is 0.0595. The number of rotatable bonds is 1. The Hall–Kier alpha value is -0.570. The van der Waals surface area contributed by atoms with E-state index in [1.165, 1.54) is 0 Å². The van der Waals surface area contributed by atoms with E-state index < -0.39 is 0 Å². The highest BCUT2D eigenvalue weighted by Gasteiger charge is 2.30. The summed E-state index contributed by atoms with van der Waals surface area (Å²) >= 11 is 0. The van der Waals surface area contributed by atoms with E-state index in [1.54, 1.807) is 0 Å². The summed E-state index contributed by atoms with van der Waals surface area (Å²) in [6.45, 7) is 7.15. The lowest BCUT2D eigenvalue weighted by Gasteiger charge is -2.33. The highest BCUT2D eigenvalue weighted by molar-refractivity contribution is 5.82. The number of nitrogens with zero attached hydrogens (tertiary/aromatic N) is 1. The molecule has 13 heavy (non-hydrogen) atoms. The zero-order valence-electron chi connectivity index (χ0n) is 9.05. The first-order valence-corrected chi connectivity index (χ1v) is 4.94. The fourth-order valence-corrected chi connectivity index (χ4v) is 1.46. The van der Waals surface area contributed by atoms with Gasteiger partial charge < -0.3 is 10.2 Å². The molecule has 3 heteroatoms. The van der Waals surface area contributed by atoms with Crippen LogP contribution < -0.4 is 5.32 Å². The van der Waals surface area contributed by atoms with E-state index in [2.05, 4.69) is 26.1 Å². The Labute approximate surface area is 80.5 Å². The van der Waals surface area contributed by atoms with Gasteiger partial charge in [0.2, 0.25) is 5.91 Å². The molecule has 1 atom stereocenters. The molecule has 1 heterocycles. The molecule has 0 saturated carbocycles. The van der Waals surface area contributed by atoms with Gasteiger partial charge in [0.05, 0.1) is 6.04 Å². The van der Waals surface area contributed by atoms with Crippen molar-refractivity contribution in [3.05, 3.63) is 0 Å². The second-order valence-corrected chi connectivity index (χ2v) is 4.72. The average molecular weight is 184 g/mol. The fraction of sp³-hybridized carbons (Fsp3) is 0.900. The van der Waals surface area contributed by atoms with Gasteiger partial charge in [0.15, 0.2) is 0 Å². The van der Waals surface area contributed by atoms with E-state index in [0.29, 0.717) is 0 Å². The molecule has 1 aliphatic heterocycles. The second-order valence-electron chi connectivity index (χ2n) is 4.72. The number of amides is 1. The maximum absolute atomic E-state index is 11.9. The lowest BCUT2D eigenvalue weighted by atomic mass is 10.1. The van der Waals surface area contributed by atoms with E-state index in [9.17, 15) is 4.79 Å². The van der Waals surface area contributed by atoms with Crippen molar-refractivity contribution in [2.45, 2.75) is 45.2 Å². The molecule has 0 aromatic heterocycles. The summed E-state index contributed by atoms with van der Waals surface area (Å²) in [7, 11) is 1.88. The molecule has 0 aliphatic carbocycles. The minimum Gasteiger partial charge on any atom is -0.340 e. The number of carbonyl (C=O) groups excluding carboxylic acids is 1. The molecule has 0 bridgehead atoms. The summed E-state index contributed by atoms with van der Waals surface area (Å²) in [6.07, 6.45) is 2.10. The molecule has 1 fully saturated rings. The molecular weight excluding hydrogens is 164 g/mol. The first-order valence-electron chi connectivity index (χ1n) is 4.94. The van der Waals surface area contributed by atoms with Crippen LogP contribution in [0.15, 0.2) is 0 Å². The fourth-order valence-electron chi connectivity index (χ4n) is 1.46. The Balaban J connectivity index is 2.56. The normalized spacial score (nSPS) is 23.2. The highest BCUT2D eigenvalue weighted by Crippen LogP contribution is 2.15. The zero-order chi connectivity index (χ0) is 10.1. The standard InChI is InChI=1S/C10H20N2O/c1-10(2,3)12(4)9(13)8-6-5-7-11-8/h8,11H,5-7H2,1-4H3/t8-/m0/s1. The van der Waals surface area contributed by atoms with Crippen LogP contribution in [-0.2, 0) is 4.79 Å². The molecule has 0 radical (unpaired) electrons. The van der Waals surface area contributed by atoms with Crippen LogP contribution in [-0.4, -0.2) is 36.0 Å². The average Bonchev–Trinajstić information content (AvgIpc) is 2.51. The highest BCUT2D eigenvalue weighted by atomic mass is 16.2. The van der Waals surface area contributed by atoms with Crippen LogP contribution in [0.5, 0.6) is 0 Å². The summed E-state index contributed by atoms with van der Waals surface area (Å²) in [4.78, 5) is 13.7. The molecule has 0 aromatic rings. The van der Waals surface area contributed by atoms with Gasteiger partial charge in [-0.05, 0) is 40.2 Å². The summed E-state index contributed by atoms with van der Waals surface area (Å²) in [5, 5.41) is 3.22. The molecule has 3 nitrogen and oxygen atoms in total. The van der Waals surface area contributed by atoms with Crippen molar-refractivity contribution in [3.8, 4) is 0 Å². The van der Waals surface area contributed by atoms with E-state index in [1.807, 2.05) is 11.9 Å². The molecule has 1 amide bonds. The number of hydrogen-bond acceptors (Lipinski definition) is 2. The Kier molecular flexibility index (Phi) is 2.96. The van der Waals surface area contributed by atoms with Crippen molar-refractivity contribution >= 4 is 5.91 Å². The minimum absolute atomic E-state index is 0.0595. The van der Waals surface area contributed by atoms with Crippen LogP contribution in [0.4, 0.5) is 0 Å². The summed E-state index contributed by atoms with van der Waals surface area (Å²) in [5.41, 5.74) is -0.0681. The van der Waals surface area contributed by atoms with Crippen molar-refractivity contribution in [1.82, 2.24) is 10.2 Å². The molecule has 1 N–H and O–H groups in total. The zero-order valence-corrected chi connectivity index (χ0v) is 9.05. The molecule has 0 aromatic carbocycles. The van der Waals surface area contributed by atoms with Crippen LogP contribution in [0.25, 0.3) is 0 Å². The van der Waals surface area contributed by atoms with E-state index in [4.69, 9.17) is 0 Å². The Bertz CT molecular complexity index is 190. The van der Waals surface area contributed by atoms with Crippen molar-refractivity contribution in [1.29, 1.82) is 0 Å². The van der Waals surface area contributed by atoms with Gasteiger partial charge in [-0.25, -0.2) is 0 Å². The Morgan fingerprint density at radius 1 is 1.46 bits per heavy atom. The third-order valence-corrected chi connectivity index (χ3v) is 2.70. The molecule has 0 spiro atoms. The Morgan fingerprint density at radius 3 is 2.46 bits per heavy atom. The third kappa shape index (κ3) is 2.44. The van der Waals surface area contributed by atoms with Gasteiger partial charge in [-0.1, -0.05) is 0 Å². The van der Waals surface area contributed by atoms with E-state index in [0.717, 1.165) is 19.4 Å². The van der Waals surface area contributed by atoms with E-state index in [-0.39, 0.29) is 17.5 Å². The SMILES string of the molecule is CN(C(=O)[C@@H]1CCCN1)C(C)(C)C. The molecule has 1 aliphatic rings. The number of carbonyl (C=O) groups is 1. The summed E-state index contributed by atoms with van der Waals surface area (Å²) in [5.74, 6) is 0.227. The van der Waals surface area contributed by atoms with Gasteiger partial charge in [-0.3, -0.25) is 4.79 Å². The Morgan fingerprint density at radius 2 is 2.08 bits per heavy atom. The predicted octanol–water partition coefficient (Wildman–Crippen LogP) is 0.995. The maximum Gasteiger partial charge on any atom is 0.239 e. The van der Waals surface area contributed by atoms with Crippen LogP contribution >= 0.6 is 0 Å². The van der Waals surface area contributed by atoms with Crippen LogP contribution in [0, 0.1) is 0 Å². The lowest BCUT2D eigenvalue weighted by molar-refractivity contribution is -0.135. The number of likely N-dealkylation sites (N-methyl/N-ethyl adjacent to an activating group) is 1. The quantitative estimate of drug-likeness (QED) is 0.659. The predicted molar refractivity (Wildman–Crippen MR) is 53.5 cm³/mol. The largest absolute Gasteiger partial charge is 0.340 e. The van der Waals surface area contributed by atoms with Crippen molar-refractivity contribution in [2.24, 2.45) is 0 Å². The summed E-state index contributed by atoms with van der Waals surface area (Å²) < 4.78 is 0. The van der Waals surface area contributed by atoms with Crippen molar-refractivity contribution in [3.63, 3.8) is 0 Å². The maximum atomic E-state index is 11.9. The number of nitrogens with one attached hydrogen (secondary N) is 1. The minimum atomic E-state index is -0.0681. The van der Waals surface area contributed by atoms with Gasteiger partial charge in [-0.2, -0.15) is 0 Å². The van der Waals surface area contributed by atoms with Crippen LogP contribution in [0.1, 0.15) is 33.6 Å². The van der Waals surface area contributed by atoms with Crippen molar-refractivity contribution < 1.29 is 4.79 Å². The van der Waals surface area contributed by atoms with Crippen LogP contribution in [0.2, 0.25) is 0 Å². The third-order valence-electron chi connectivity index (χ3n) is 2.70. The van der Waals surface area contributed by atoms with Gasteiger partial charge in [-0.15, -0.1) is 0 Å². The first kappa shape index (κ1) is 10.5. The number of hydrogen-bond donors (Lipinski definition) is 1. The van der Waals surface area contributed by atoms with E-state index >= 15 is 0 Å². The lowest BCUT2D eigenvalue weighted by Crippen LogP contribution is -2.49. The van der Waals surface area contributed by atoms with Gasteiger partial charge in [0.1, 0.15) is 0 Å². The molecule has 0 unspecified atom stereocenters. The van der Waals surface area contributed by atoms with Crippen molar-refractivity contribution in [2.75, 3.05) is 13.6 Å². The topological polar surface area (TPSA) is 32.3 Å². The molecule has 76 valence electrons. The van der Waals surface area contributed by atoms with Gasteiger partial charge in [0, 0.05) is 12.6 Å². The first-order chi connectivity index (χ1) is 5.93. The monoisotopic (exact) mass is 184 g/mol. The van der Waals surface area contributed by atoms with Gasteiger partial charge in [0.25, 0.3) is 0 Å².